The second-order valence-electron chi connectivity index (χ2n) is 5.89. The van der Waals surface area contributed by atoms with Crippen LogP contribution in [0.15, 0.2) is 53.1 Å². The van der Waals surface area contributed by atoms with Crippen LogP contribution >= 0.6 is 0 Å². The van der Waals surface area contributed by atoms with Crippen LogP contribution < -0.4 is 5.32 Å². The lowest BCUT2D eigenvalue weighted by atomic mass is 10.1. The van der Waals surface area contributed by atoms with Gasteiger partial charge in [-0.3, -0.25) is 9.69 Å². The van der Waals surface area contributed by atoms with Gasteiger partial charge in [0, 0.05) is 19.0 Å². The zero-order valence-corrected chi connectivity index (χ0v) is 13.6. The van der Waals surface area contributed by atoms with Crippen LogP contribution in [0, 0.1) is 0 Å². The fourth-order valence-electron chi connectivity index (χ4n) is 2.51. The molecule has 23 heavy (non-hydrogen) atoms. The molecule has 2 aromatic rings. The molecule has 0 aliphatic carbocycles. The standard InChI is InChI=1S/C18H24N2O3/c1-14(11-16(21)17-9-6-10-23-17)19-18(22)13-20(2)12-15-7-4-3-5-8-15/h3-10,14,16,21H,11-13H2,1-2H3,(H,19,22). The smallest absolute Gasteiger partial charge is 0.234 e. The summed E-state index contributed by atoms with van der Waals surface area (Å²) in [6.07, 6.45) is 1.24. The third kappa shape index (κ3) is 5.88. The number of aliphatic hydroxyl groups excluding tert-OH is 1. The normalized spacial score (nSPS) is 13.7. The van der Waals surface area contributed by atoms with Crippen molar-refractivity contribution in [1.82, 2.24) is 10.2 Å². The summed E-state index contributed by atoms with van der Waals surface area (Å²) in [6.45, 7) is 2.91. The molecule has 5 heteroatoms. The number of furan rings is 1. The average Bonchev–Trinajstić information content (AvgIpc) is 3.01. The molecular weight excluding hydrogens is 292 g/mol. The molecule has 1 heterocycles. The Morgan fingerprint density at radius 2 is 2.00 bits per heavy atom. The predicted octanol–water partition coefficient (Wildman–Crippen LogP) is 2.34. The molecule has 2 unspecified atom stereocenters. The Labute approximate surface area is 136 Å². The van der Waals surface area contributed by atoms with Gasteiger partial charge in [0.05, 0.1) is 12.8 Å². The zero-order valence-electron chi connectivity index (χ0n) is 13.6. The van der Waals surface area contributed by atoms with Gasteiger partial charge >= 0.3 is 0 Å². The number of amides is 1. The van der Waals surface area contributed by atoms with Crippen LogP contribution in [0.2, 0.25) is 0 Å². The molecule has 2 N–H and O–H groups in total. The maximum Gasteiger partial charge on any atom is 0.234 e. The van der Waals surface area contributed by atoms with Crippen LogP contribution in [-0.2, 0) is 11.3 Å². The number of nitrogens with zero attached hydrogens (tertiary/aromatic N) is 1. The van der Waals surface area contributed by atoms with E-state index in [1.807, 2.05) is 49.2 Å². The molecule has 0 saturated carbocycles. The van der Waals surface area contributed by atoms with Crippen molar-refractivity contribution in [3.8, 4) is 0 Å². The quantitative estimate of drug-likeness (QED) is 0.784. The number of likely N-dealkylation sites (N-methyl/N-ethyl adjacent to an activating group) is 1. The number of aliphatic hydroxyl groups is 1. The van der Waals surface area contributed by atoms with E-state index in [4.69, 9.17) is 4.42 Å². The Morgan fingerprint density at radius 1 is 1.26 bits per heavy atom. The molecule has 2 atom stereocenters. The summed E-state index contributed by atoms with van der Waals surface area (Å²) in [7, 11) is 1.91. The maximum atomic E-state index is 12.1. The largest absolute Gasteiger partial charge is 0.467 e. The molecule has 124 valence electrons. The number of hydrogen-bond acceptors (Lipinski definition) is 4. The lowest BCUT2D eigenvalue weighted by molar-refractivity contribution is -0.122. The van der Waals surface area contributed by atoms with Gasteiger partial charge in [0.25, 0.3) is 0 Å². The number of benzene rings is 1. The SMILES string of the molecule is CC(CC(O)c1ccco1)NC(=O)CN(C)Cc1ccccc1. The minimum atomic E-state index is -0.706. The molecule has 5 nitrogen and oxygen atoms in total. The van der Waals surface area contributed by atoms with Gasteiger partial charge < -0.3 is 14.8 Å². The van der Waals surface area contributed by atoms with Gasteiger partial charge in [-0.25, -0.2) is 0 Å². The molecular formula is C18H24N2O3. The first-order valence-corrected chi connectivity index (χ1v) is 7.78. The summed E-state index contributed by atoms with van der Waals surface area (Å²) in [5.74, 6) is 0.467. The average molecular weight is 316 g/mol. The van der Waals surface area contributed by atoms with E-state index in [9.17, 15) is 9.90 Å². The van der Waals surface area contributed by atoms with E-state index in [1.54, 1.807) is 12.1 Å². The predicted molar refractivity (Wildman–Crippen MR) is 88.7 cm³/mol. The van der Waals surface area contributed by atoms with E-state index in [2.05, 4.69) is 5.32 Å². The molecule has 1 aromatic carbocycles. The van der Waals surface area contributed by atoms with Crippen LogP contribution in [0.1, 0.15) is 30.8 Å². The van der Waals surface area contributed by atoms with E-state index in [0.717, 1.165) is 6.54 Å². The van der Waals surface area contributed by atoms with Crippen molar-refractivity contribution in [2.75, 3.05) is 13.6 Å². The number of hydrogen-bond donors (Lipinski definition) is 2. The molecule has 0 saturated heterocycles. The number of carbonyl (C=O) groups is 1. The number of rotatable bonds is 8. The fourth-order valence-corrected chi connectivity index (χ4v) is 2.51. The maximum absolute atomic E-state index is 12.1. The van der Waals surface area contributed by atoms with E-state index in [1.165, 1.54) is 11.8 Å². The van der Waals surface area contributed by atoms with Crippen molar-refractivity contribution in [1.29, 1.82) is 0 Å². The highest BCUT2D eigenvalue weighted by molar-refractivity contribution is 5.78. The summed E-state index contributed by atoms with van der Waals surface area (Å²) in [6, 6.07) is 13.4. The van der Waals surface area contributed by atoms with Crippen molar-refractivity contribution in [3.63, 3.8) is 0 Å². The molecule has 0 spiro atoms. The number of carbonyl (C=O) groups excluding carboxylic acids is 1. The lowest BCUT2D eigenvalue weighted by Gasteiger charge is -2.20. The summed E-state index contributed by atoms with van der Waals surface area (Å²) in [5, 5.41) is 12.9. The van der Waals surface area contributed by atoms with Crippen molar-refractivity contribution >= 4 is 5.91 Å². The van der Waals surface area contributed by atoms with Gasteiger partial charge in [-0.05, 0) is 31.7 Å². The summed E-state index contributed by atoms with van der Waals surface area (Å²) in [4.78, 5) is 14.0. The minimum absolute atomic E-state index is 0.0532. The molecule has 0 aliphatic heterocycles. The van der Waals surface area contributed by atoms with Gasteiger partial charge in [0.15, 0.2) is 0 Å². The lowest BCUT2D eigenvalue weighted by Crippen LogP contribution is -2.40. The first-order valence-electron chi connectivity index (χ1n) is 7.78. The summed E-state index contributed by atoms with van der Waals surface area (Å²) >= 11 is 0. The van der Waals surface area contributed by atoms with Crippen molar-refractivity contribution < 1.29 is 14.3 Å². The third-order valence-electron chi connectivity index (χ3n) is 3.56. The van der Waals surface area contributed by atoms with Crippen molar-refractivity contribution in [2.45, 2.75) is 32.0 Å². The van der Waals surface area contributed by atoms with Gasteiger partial charge in [-0.2, -0.15) is 0 Å². The minimum Gasteiger partial charge on any atom is -0.467 e. The highest BCUT2D eigenvalue weighted by Gasteiger charge is 2.17. The Hall–Kier alpha value is -2.11. The molecule has 0 radical (unpaired) electrons. The van der Waals surface area contributed by atoms with Gasteiger partial charge in [0.2, 0.25) is 5.91 Å². The van der Waals surface area contributed by atoms with E-state index in [-0.39, 0.29) is 11.9 Å². The van der Waals surface area contributed by atoms with Gasteiger partial charge in [0.1, 0.15) is 11.9 Å². The Kier molecular flexibility index (Phi) is 6.38. The topological polar surface area (TPSA) is 65.7 Å². The number of nitrogens with one attached hydrogen (secondary N) is 1. The highest BCUT2D eigenvalue weighted by atomic mass is 16.4. The third-order valence-corrected chi connectivity index (χ3v) is 3.56. The zero-order chi connectivity index (χ0) is 16.7. The van der Waals surface area contributed by atoms with Crippen LogP contribution in [0.25, 0.3) is 0 Å². The van der Waals surface area contributed by atoms with Gasteiger partial charge in [-0.15, -0.1) is 0 Å². The monoisotopic (exact) mass is 316 g/mol. The fraction of sp³-hybridized carbons (Fsp3) is 0.389. The highest BCUT2D eigenvalue weighted by Crippen LogP contribution is 2.18. The molecule has 1 amide bonds. The first-order chi connectivity index (χ1) is 11.0. The Morgan fingerprint density at radius 3 is 2.65 bits per heavy atom. The Bertz CT molecular complexity index is 584. The van der Waals surface area contributed by atoms with Crippen molar-refractivity contribution in [2.24, 2.45) is 0 Å². The molecule has 1 aromatic heterocycles. The van der Waals surface area contributed by atoms with E-state index < -0.39 is 6.10 Å². The molecule has 0 fully saturated rings. The van der Waals surface area contributed by atoms with Crippen molar-refractivity contribution in [3.05, 3.63) is 60.1 Å². The molecule has 0 bridgehead atoms. The summed E-state index contributed by atoms with van der Waals surface area (Å²) in [5.41, 5.74) is 1.17. The second kappa shape index (κ2) is 8.50. The molecule has 0 aliphatic rings. The van der Waals surface area contributed by atoms with Crippen LogP contribution in [0.3, 0.4) is 0 Å². The van der Waals surface area contributed by atoms with Gasteiger partial charge in [-0.1, -0.05) is 30.3 Å². The van der Waals surface area contributed by atoms with Crippen LogP contribution in [-0.4, -0.2) is 35.5 Å². The van der Waals surface area contributed by atoms with Crippen LogP contribution in [0.5, 0.6) is 0 Å². The van der Waals surface area contributed by atoms with E-state index in [0.29, 0.717) is 18.7 Å². The second-order valence-corrected chi connectivity index (χ2v) is 5.89. The Balaban J connectivity index is 1.73. The summed E-state index contributed by atoms with van der Waals surface area (Å²) < 4.78 is 5.16. The van der Waals surface area contributed by atoms with Crippen LogP contribution in [0.4, 0.5) is 0 Å². The molecule has 2 rings (SSSR count). The first kappa shape index (κ1) is 17.2. The van der Waals surface area contributed by atoms with E-state index >= 15 is 0 Å².